The minimum atomic E-state index is -4.46. The van der Waals surface area contributed by atoms with Gasteiger partial charge >= 0.3 is 6.18 Å². The Morgan fingerprint density at radius 3 is 2.72 bits per heavy atom. The monoisotopic (exact) mass is 355 g/mol. The van der Waals surface area contributed by atoms with Crippen molar-refractivity contribution in [2.75, 3.05) is 26.3 Å². The lowest BCUT2D eigenvalue weighted by molar-refractivity contribution is -0.142. The van der Waals surface area contributed by atoms with E-state index in [9.17, 15) is 18.0 Å². The minimum Gasteiger partial charge on any atom is -0.498 e. The van der Waals surface area contributed by atoms with E-state index < -0.39 is 17.8 Å². The molecule has 2 heterocycles. The molecule has 2 aliphatic heterocycles. The highest BCUT2D eigenvalue weighted by molar-refractivity contribution is 5.94. The van der Waals surface area contributed by atoms with Crippen LogP contribution in [0.2, 0.25) is 0 Å². The van der Waals surface area contributed by atoms with E-state index in [4.69, 9.17) is 9.47 Å². The van der Waals surface area contributed by atoms with Gasteiger partial charge in [0.1, 0.15) is 11.9 Å². The summed E-state index contributed by atoms with van der Waals surface area (Å²) in [6.45, 7) is 3.01. The molecule has 1 aromatic rings. The molecule has 1 fully saturated rings. The molecule has 0 aromatic heterocycles. The van der Waals surface area contributed by atoms with Crippen LogP contribution in [0.4, 0.5) is 13.2 Å². The number of alkyl halides is 3. The Hall–Kier alpha value is -2.02. The Labute approximate surface area is 144 Å². The summed E-state index contributed by atoms with van der Waals surface area (Å²) in [6, 6.07) is 5.36. The molecule has 0 N–H and O–H groups in total. The Morgan fingerprint density at radius 1 is 1.24 bits per heavy atom. The summed E-state index contributed by atoms with van der Waals surface area (Å²) in [5, 5.41) is 0. The molecule has 25 heavy (non-hydrogen) atoms. The van der Waals surface area contributed by atoms with Crippen LogP contribution < -0.4 is 0 Å². The quantitative estimate of drug-likeness (QED) is 0.812. The Bertz CT molecular complexity index is 684. The summed E-state index contributed by atoms with van der Waals surface area (Å²) >= 11 is 0. The van der Waals surface area contributed by atoms with Crippen LogP contribution in [0.25, 0.3) is 0 Å². The van der Waals surface area contributed by atoms with E-state index in [-0.39, 0.29) is 24.6 Å². The normalized spacial score (nSPS) is 21.9. The molecule has 1 saturated heterocycles. The molecule has 7 heteroatoms. The SMILES string of the molecule is CC1=C(C(=O)N2CCOC(c3ccccc3C(F)(F)F)C2)CCCO1. The highest BCUT2D eigenvalue weighted by Crippen LogP contribution is 2.37. The number of ether oxygens (including phenoxy) is 2. The Morgan fingerprint density at radius 2 is 2.00 bits per heavy atom. The van der Waals surface area contributed by atoms with Crippen LogP contribution in [0.1, 0.15) is 37.0 Å². The maximum Gasteiger partial charge on any atom is 0.416 e. The van der Waals surface area contributed by atoms with Gasteiger partial charge in [0.05, 0.1) is 30.9 Å². The first kappa shape index (κ1) is 17.8. The largest absolute Gasteiger partial charge is 0.498 e. The van der Waals surface area contributed by atoms with Crippen LogP contribution in [0, 0.1) is 0 Å². The fraction of sp³-hybridized carbons (Fsp3) is 0.500. The van der Waals surface area contributed by atoms with Crippen LogP contribution in [0.5, 0.6) is 0 Å². The van der Waals surface area contributed by atoms with Crippen molar-refractivity contribution in [2.24, 2.45) is 0 Å². The van der Waals surface area contributed by atoms with Gasteiger partial charge in [0.25, 0.3) is 5.91 Å². The van der Waals surface area contributed by atoms with Crippen LogP contribution in [0.3, 0.4) is 0 Å². The van der Waals surface area contributed by atoms with Gasteiger partial charge in [-0.2, -0.15) is 13.2 Å². The number of nitrogens with zero attached hydrogens (tertiary/aromatic N) is 1. The number of carbonyl (C=O) groups excluding carboxylic acids is 1. The summed E-state index contributed by atoms with van der Waals surface area (Å²) in [4.78, 5) is 14.3. The van der Waals surface area contributed by atoms with Crippen LogP contribution in [0.15, 0.2) is 35.6 Å². The van der Waals surface area contributed by atoms with Gasteiger partial charge in [-0.15, -0.1) is 0 Å². The topological polar surface area (TPSA) is 38.8 Å². The van der Waals surface area contributed by atoms with Gasteiger partial charge in [0.2, 0.25) is 0 Å². The minimum absolute atomic E-state index is 0.0677. The number of halogens is 3. The average molecular weight is 355 g/mol. The number of allylic oxidation sites excluding steroid dienone is 1. The molecule has 0 aliphatic carbocycles. The molecule has 4 nitrogen and oxygen atoms in total. The molecule has 1 unspecified atom stereocenters. The highest BCUT2D eigenvalue weighted by atomic mass is 19.4. The van der Waals surface area contributed by atoms with Crippen molar-refractivity contribution in [3.05, 3.63) is 46.7 Å². The molecule has 3 rings (SSSR count). The molecule has 0 saturated carbocycles. The van der Waals surface area contributed by atoms with E-state index in [1.54, 1.807) is 17.9 Å². The number of morpholine rings is 1. The van der Waals surface area contributed by atoms with Gasteiger partial charge in [-0.1, -0.05) is 18.2 Å². The molecule has 0 bridgehead atoms. The zero-order valence-corrected chi connectivity index (χ0v) is 13.9. The van der Waals surface area contributed by atoms with Gasteiger partial charge in [-0.05, 0) is 31.4 Å². The maximum atomic E-state index is 13.2. The molecule has 1 aromatic carbocycles. The molecular formula is C18H20F3NO3. The zero-order chi connectivity index (χ0) is 18.0. The lowest BCUT2D eigenvalue weighted by Crippen LogP contribution is -2.43. The first-order chi connectivity index (χ1) is 11.9. The summed E-state index contributed by atoms with van der Waals surface area (Å²) in [5.74, 6) is 0.435. The van der Waals surface area contributed by atoms with Crippen LogP contribution in [-0.4, -0.2) is 37.1 Å². The third kappa shape index (κ3) is 3.81. The zero-order valence-electron chi connectivity index (χ0n) is 13.9. The van der Waals surface area contributed by atoms with Crippen molar-refractivity contribution < 1.29 is 27.4 Å². The van der Waals surface area contributed by atoms with E-state index in [0.717, 1.165) is 12.5 Å². The molecule has 1 atom stereocenters. The molecule has 136 valence electrons. The lowest BCUT2D eigenvalue weighted by Gasteiger charge is -2.35. The van der Waals surface area contributed by atoms with Crippen molar-refractivity contribution in [3.8, 4) is 0 Å². The Balaban J connectivity index is 1.82. The fourth-order valence-corrected chi connectivity index (χ4v) is 3.24. The molecule has 1 amide bonds. The van der Waals surface area contributed by atoms with Gasteiger partial charge < -0.3 is 14.4 Å². The van der Waals surface area contributed by atoms with Crippen LogP contribution >= 0.6 is 0 Å². The third-order valence-corrected chi connectivity index (χ3v) is 4.54. The van der Waals surface area contributed by atoms with E-state index in [2.05, 4.69) is 0 Å². The number of rotatable bonds is 2. The summed E-state index contributed by atoms with van der Waals surface area (Å²) in [7, 11) is 0. The summed E-state index contributed by atoms with van der Waals surface area (Å²) in [5.41, 5.74) is -0.0419. The average Bonchev–Trinajstić information content (AvgIpc) is 2.61. The second kappa shape index (κ2) is 7.07. The van der Waals surface area contributed by atoms with Gasteiger partial charge in [0.15, 0.2) is 0 Å². The first-order valence-electron chi connectivity index (χ1n) is 8.27. The van der Waals surface area contributed by atoms with E-state index >= 15 is 0 Å². The molecule has 2 aliphatic rings. The van der Waals surface area contributed by atoms with Crippen molar-refractivity contribution in [1.82, 2.24) is 4.90 Å². The standard InChI is InChI=1S/C18H20F3NO3/c1-12-13(6-4-9-24-12)17(23)22-8-10-25-16(11-22)14-5-2-3-7-15(14)18(19,20)21/h2-3,5,7,16H,4,6,8-11H2,1H3. The van der Waals surface area contributed by atoms with Gasteiger partial charge in [-0.3, -0.25) is 4.79 Å². The highest BCUT2D eigenvalue weighted by Gasteiger charge is 2.37. The molecule has 0 spiro atoms. The number of hydrogen-bond acceptors (Lipinski definition) is 3. The predicted molar refractivity (Wildman–Crippen MR) is 84.6 cm³/mol. The van der Waals surface area contributed by atoms with Crippen molar-refractivity contribution in [2.45, 2.75) is 32.0 Å². The fourth-order valence-electron chi connectivity index (χ4n) is 3.24. The third-order valence-electron chi connectivity index (χ3n) is 4.54. The second-order valence-electron chi connectivity index (χ2n) is 6.18. The van der Waals surface area contributed by atoms with Crippen LogP contribution in [-0.2, 0) is 20.4 Å². The number of benzene rings is 1. The van der Waals surface area contributed by atoms with Gasteiger partial charge in [-0.25, -0.2) is 0 Å². The van der Waals surface area contributed by atoms with Crippen molar-refractivity contribution in [3.63, 3.8) is 0 Å². The molecule has 0 radical (unpaired) electrons. The van der Waals surface area contributed by atoms with Crippen molar-refractivity contribution in [1.29, 1.82) is 0 Å². The number of hydrogen-bond donors (Lipinski definition) is 0. The first-order valence-corrected chi connectivity index (χ1v) is 8.27. The van der Waals surface area contributed by atoms with E-state index in [1.165, 1.54) is 12.1 Å². The lowest BCUT2D eigenvalue weighted by atomic mass is 9.99. The van der Waals surface area contributed by atoms with Gasteiger partial charge in [0, 0.05) is 6.54 Å². The van der Waals surface area contributed by atoms with E-state index in [1.807, 2.05) is 0 Å². The second-order valence-corrected chi connectivity index (χ2v) is 6.18. The smallest absolute Gasteiger partial charge is 0.416 e. The van der Waals surface area contributed by atoms with Crippen molar-refractivity contribution >= 4 is 5.91 Å². The summed E-state index contributed by atoms with van der Waals surface area (Å²) in [6.07, 6.45) is -3.85. The summed E-state index contributed by atoms with van der Waals surface area (Å²) < 4.78 is 50.7. The predicted octanol–water partition coefficient (Wildman–Crippen LogP) is 3.69. The Kier molecular flexibility index (Phi) is 5.03. The maximum absolute atomic E-state index is 13.2. The number of amides is 1. The number of carbonyl (C=O) groups is 1. The molecular weight excluding hydrogens is 335 g/mol. The van der Waals surface area contributed by atoms with E-state index in [0.29, 0.717) is 30.9 Å².